The summed E-state index contributed by atoms with van der Waals surface area (Å²) in [4.78, 5) is 12.2. The van der Waals surface area contributed by atoms with E-state index >= 15 is 0 Å². The Hall–Kier alpha value is -2.83. The van der Waals surface area contributed by atoms with Crippen LogP contribution in [0, 0.1) is 0 Å². The maximum Gasteiger partial charge on any atom is 0.292 e. The van der Waals surface area contributed by atoms with Gasteiger partial charge in [0, 0.05) is 11.3 Å². The molecule has 3 N–H and O–H groups in total. The van der Waals surface area contributed by atoms with E-state index in [1.54, 1.807) is 12.1 Å². The minimum Gasteiger partial charge on any atom is -0.504 e. The number of carbonyl (C=O) groups is 1. The number of nitrogens with one attached hydrogen (secondary N) is 2. The molecule has 1 aromatic carbocycles. The molecule has 2 aromatic rings. The fraction of sp³-hybridized carbons (Fsp3) is 0.312. The van der Waals surface area contributed by atoms with Gasteiger partial charge in [-0.05, 0) is 49.4 Å². The van der Waals surface area contributed by atoms with Crippen molar-refractivity contribution in [3.05, 3.63) is 40.7 Å². The molecule has 1 aromatic heterocycles. The van der Waals surface area contributed by atoms with E-state index in [9.17, 15) is 9.90 Å². The number of H-pyrrole nitrogens is 1. The van der Waals surface area contributed by atoms with Gasteiger partial charge < -0.3 is 9.84 Å². The van der Waals surface area contributed by atoms with E-state index in [1.165, 1.54) is 19.4 Å². The molecule has 1 heterocycles. The minimum atomic E-state index is -0.327. The Bertz CT molecular complexity index is 752. The van der Waals surface area contributed by atoms with Gasteiger partial charge in [-0.3, -0.25) is 9.89 Å². The first-order chi connectivity index (χ1) is 11.2. The van der Waals surface area contributed by atoms with E-state index in [1.807, 2.05) is 0 Å². The van der Waals surface area contributed by atoms with E-state index in [0.717, 1.165) is 36.9 Å². The van der Waals surface area contributed by atoms with Gasteiger partial charge in [-0.15, -0.1) is 0 Å². The zero-order valence-electron chi connectivity index (χ0n) is 12.8. The summed E-state index contributed by atoms with van der Waals surface area (Å²) < 4.78 is 5.02. The Balaban J connectivity index is 1.68. The maximum absolute atomic E-state index is 12.2. The van der Waals surface area contributed by atoms with Crippen LogP contribution in [0.1, 0.15) is 40.2 Å². The van der Waals surface area contributed by atoms with Crippen LogP contribution in [-0.2, 0) is 12.8 Å². The third-order valence-electron chi connectivity index (χ3n) is 3.85. The van der Waals surface area contributed by atoms with Crippen molar-refractivity contribution in [3.63, 3.8) is 0 Å². The van der Waals surface area contributed by atoms with Crippen LogP contribution in [-0.4, -0.2) is 34.5 Å². The smallest absolute Gasteiger partial charge is 0.292 e. The second kappa shape index (κ2) is 6.51. The van der Waals surface area contributed by atoms with Crippen molar-refractivity contribution in [2.24, 2.45) is 5.10 Å². The lowest BCUT2D eigenvalue weighted by molar-refractivity contribution is 0.0949. The van der Waals surface area contributed by atoms with Crippen LogP contribution >= 0.6 is 0 Å². The van der Waals surface area contributed by atoms with Crippen LogP contribution in [0.4, 0.5) is 0 Å². The molecule has 0 spiro atoms. The number of fused-ring (bicyclic) bond motifs is 1. The Morgan fingerprint density at radius 2 is 2.26 bits per heavy atom. The summed E-state index contributed by atoms with van der Waals surface area (Å²) in [6, 6.07) is 4.80. The van der Waals surface area contributed by atoms with Gasteiger partial charge in [0.1, 0.15) is 0 Å². The number of amides is 1. The van der Waals surface area contributed by atoms with Crippen molar-refractivity contribution in [1.82, 2.24) is 15.6 Å². The van der Waals surface area contributed by atoms with Gasteiger partial charge in [-0.1, -0.05) is 0 Å². The molecule has 0 bridgehead atoms. The molecule has 3 rings (SSSR count). The van der Waals surface area contributed by atoms with Gasteiger partial charge in [-0.25, -0.2) is 5.43 Å². The Kier molecular flexibility index (Phi) is 4.27. The Morgan fingerprint density at radius 1 is 1.43 bits per heavy atom. The zero-order valence-corrected chi connectivity index (χ0v) is 12.8. The topological polar surface area (TPSA) is 99.6 Å². The van der Waals surface area contributed by atoms with Crippen LogP contribution in [0.3, 0.4) is 0 Å². The number of aromatic amines is 1. The minimum absolute atomic E-state index is 0.0526. The number of rotatable bonds is 4. The number of carbonyl (C=O) groups excluding carboxylic acids is 1. The highest BCUT2D eigenvalue weighted by molar-refractivity contribution is 5.94. The largest absolute Gasteiger partial charge is 0.504 e. The summed E-state index contributed by atoms with van der Waals surface area (Å²) in [6.07, 6.45) is 5.49. The first-order valence-corrected chi connectivity index (χ1v) is 7.45. The molecule has 7 nitrogen and oxygen atoms in total. The number of nitrogens with zero attached hydrogens (tertiary/aromatic N) is 2. The lowest BCUT2D eigenvalue weighted by atomic mass is 9.96. The molecule has 0 saturated heterocycles. The molecule has 120 valence electrons. The van der Waals surface area contributed by atoms with Crippen LogP contribution < -0.4 is 10.2 Å². The van der Waals surface area contributed by atoms with Crippen molar-refractivity contribution in [2.75, 3.05) is 7.11 Å². The number of benzene rings is 1. The Morgan fingerprint density at radius 3 is 3.09 bits per heavy atom. The summed E-state index contributed by atoms with van der Waals surface area (Å²) in [5.74, 6) is 0.0740. The molecule has 0 aliphatic heterocycles. The molecule has 1 aliphatic rings. The van der Waals surface area contributed by atoms with Gasteiger partial charge in [0.2, 0.25) is 0 Å². The average Bonchev–Trinajstić information content (AvgIpc) is 3.00. The monoisotopic (exact) mass is 314 g/mol. The highest BCUT2D eigenvalue weighted by Gasteiger charge is 2.21. The molecule has 7 heteroatoms. The third-order valence-corrected chi connectivity index (χ3v) is 3.85. The van der Waals surface area contributed by atoms with Gasteiger partial charge in [0.05, 0.1) is 13.3 Å². The van der Waals surface area contributed by atoms with Crippen LogP contribution in [0.25, 0.3) is 0 Å². The predicted molar refractivity (Wildman–Crippen MR) is 84.9 cm³/mol. The molecular weight excluding hydrogens is 296 g/mol. The summed E-state index contributed by atoms with van der Waals surface area (Å²) in [5, 5.41) is 20.5. The Labute approximate surface area is 133 Å². The van der Waals surface area contributed by atoms with Crippen molar-refractivity contribution < 1.29 is 14.6 Å². The van der Waals surface area contributed by atoms with E-state index in [-0.39, 0.29) is 11.7 Å². The van der Waals surface area contributed by atoms with Crippen LogP contribution in [0.15, 0.2) is 23.3 Å². The van der Waals surface area contributed by atoms with Crippen molar-refractivity contribution in [2.45, 2.75) is 25.7 Å². The molecule has 0 fully saturated rings. The number of ether oxygens (including phenoxy) is 1. The molecule has 0 atom stereocenters. The summed E-state index contributed by atoms with van der Waals surface area (Å²) in [6.45, 7) is 0. The van der Waals surface area contributed by atoms with Gasteiger partial charge in [0.15, 0.2) is 17.2 Å². The second-order valence-electron chi connectivity index (χ2n) is 5.37. The lowest BCUT2D eigenvalue weighted by Gasteiger charge is -2.10. The molecule has 1 amide bonds. The molecule has 0 saturated carbocycles. The highest BCUT2D eigenvalue weighted by Crippen LogP contribution is 2.25. The standard InChI is InChI=1S/C16H18N4O3/c1-23-14-8-10(6-7-13(14)21)9-17-20-16(22)15-11-4-2-3-5-12(11)18-19-15/h6-9,21H,2-5H2,1H3,(H,18,19)(H,20,22). The van der Waals surface area contributed by atoms with Gasteiger partial charge >= 0.3 is 0 Å². The number of aromatic nitrogens is 2. The van der Waals surface area contributed by atoms with Crippen molar-refractivity contribution in [1.29, 1.82) is 0 Å². The first-order valence-electron chi connectivity index (χ1n) is 7.45. The van der Waals surface area contributed by atoms with E-state index in [0.29, 0.717) is 17.0 Å². The molecule has 0 unspecified atom stereocenters. The second-order valence-corrected chi connectivity index (χ2v) is 5.37. The van der Waals surface area contributed by atoms with E-state index in [4.69, 9.17) is 4.74 Å². The number of aromatic hydroxyl groups is 1. The zero-order chi connectivity index (χ0) is 16.2. The lowest BCUT2D eigenvalue weighted by Crippen LogP contribution is -2.20. The number of aryl methyl sites for hydroxylation is 1. The number of phenols is 1. The number of hydrogen-bond donors (Lipinski definition) is 3. The van der Waals surface area contributed by atoms with E-state index < -0.39 is 0 Å². The number of phenolic OH excluding ortho intramolecular Hbond substituents is 1. The quantitative estimate of drug-likeness (QED) is 0.591. The van der Waals surface area contributed by atoms with Crippen molar-refractivity contribution >= 4 is 12.1 Å². The normalized spacial score (nSPS) is 13.8. The first kappa shape index (κ1) is 15.1. The maximum atomic E-state index is 12.2. The summed E-state index contributed by atoms with van der Waals surface area (Å²) in [7, 11) is 1.47. The molecule has 0 radical (unpaired) electrons. The average molecular weight is 314 g/mol. The fourth-order valence-corrected chi connectivity index (χ4v) is 2.66. The molecule has 23 heavy (non-hydrogen) atoms. The molecule has 1 aliphatic carbocycles. The van der Waals surface area contributed by atoms with Gasteiger partial charge in [0.25, 0.3) is 5.91 Å². The fourth-order valence-electron chi connectivity index (χ4n) is 2.66. The highest BCUT2D eigenvalue weighted by atomic mass is 16.5. The van der Waals surface area contributed by atoms with Gasteiger partial charge in [-0.2, -0.15) is 10.2 Å². The molecular formula is C16H18N4O3. The third kappa shape index (κ3) is 3.18. The number of methoxy groups -OCH3 is 1. The van der Waals surface area contributed by atoms with Crippen LogP contribution in [0.5, 0.6) is 11.5 Å². The van der Waals surface area contributed by atoms with Crippen molar-refractivity contribution in [3.8, 4) is 11.5 Å². The summed E-state index contributed by atoms with van der Waals surface area (Å²) in [5.41, 5.74) is 5.64. The number of hydrazone groups is 1. The number of hydrogen-bond acceptors (Lipinski definition) is 5. The van der Waals surface area contributed by atoms with E-state index in [2.05, 4.69) is 20.7 Å². The summed E-state index contributed by atoms with van der Waals surface area (Å²) >= 11 is 0. The SMILES string of the molecule is COc1cc(C=NNC(=O)c2n[nH]c3c2CCCC3)ccc1O. The predicted octanol–water partition coefficient (Wildman–Crippen LogP) is 1.77. The van der Waals surface area contributed by atoms with Crippen LogP contribution in [0.2, 0.25) is 0 Å².